The van der Waals surface area contributed by atoms with E-state index in [1.807, 2.05) is 0 Å². The Bertz CT molecular complexity index is 1010. The third-order valence-corrected chi connectivity index (χ3v) is 14.0. The third kappa shape index (κ3) is 55.2. The summed E-state index contributed by atoms with van der Waals surface area (Å²) < 4.78 is 16.9. The van der Waals surface area contributed by atoms with Gasteiger partial charge in [0.2, 0.25) is 0 Å². The van der Waals surface area contributed by atoms with Crippen LogP contribution in [-0.4, -0.2) is 37.2 Å². The molecule has 6 heteroatoms. The van der Waals surface area contributed by atoms with Gasteiger partial charge >= 0.3 is 17.9 Å². The number of unbranched alkanes of at least 4 members (excludes halogenated alkanes) is 43. The maximum absolute atomic E-state index is 12.9. The first-order valence-corrected chi connectivity index (χ1v) is 30.4. The lowest BCUT2D eigenvalue weighted by Crippen LogP contribution is -2.30. The minimum atomic E-state index is -0.762. The summed E-state index contributed by atoms with van der Waals surface area (Å²) in [6, 6.07) is 0. The van der Waals surface area contributed by atoms with Gasteiger partial charge < -0.3 is 14.2 Å². The van der Waals surface area contributed by atoms with E-state index in [9.17, 15) is 14.4 Å². The molecule has 67 heavy (non-hydrogen) atoms. The van der Waals surface area contributed by atoms with Gasteiger partial charge in [0.15, 0.2) is 6.10 Å². The summed E-state index contributed by atoms with van der Waals surface area (Å²) in [5, 5.41) is 0. The van der Waals surface area contributed by atoms with E-state index in [1.165, 1.54) is 244 Å². The fraction of sp³-hybridized carbons (Fsp3) is 0.951. The normalized spacial score (nSPS) is 12.0. The summed E-state index contributed by atoms with van der Waals surface area (Å²) in [5.74, 6) is -0.0146. The molecule has 0 aliphatic heterocycles. The molecule has 0 N–H and O–H groups in total. The highest BCUT2D eigenvalue weighted by atomic mass is 16.6. The first-order chi connectivity index (χ1) is 32.9. The van der Waals surface area contributed by atoms with E-state index in [1.54, 1.807) is 0 Å². The van der Waals surface area contributed by atoms with Crippen molar-refractivity contribution in [2.45, 2.75) is 355 Å². The first kappa shape index (κ1) is 65.4. The monoisotopic (exact) mass is 947 g/mol. The van der Waals surface area contributed by atoms with E-state index in [4.69, 9.17) is 14.2 Å². The van der Waals surface area contributed by atoms with Gasteiger partial charge in [0.25, 0.3) is 0 Å². The zero-order valence-corrected chi connectivity index (χ0v) is 45.9. The van der Waals surface area contributed by atoms with Gasteiger partial charge in [0, 0.05) is 19.3 Å². The summed E-state index contributed by atoms with van der Waals surface area (Å²) in [5.41, 5.74) is 0. The molecule has 0 aliphatic carbocycles. The zero-order chi connectivity index (χ0) is 48.8. The van der Waals surface area contributed by atoms with Gasteiger partial charge in [0.05, 0.1) is 0 Å². The molecule has 0 rings (SSSR count). The summed E-state index contributed by atoms with van der Waals surface area (Å²) in [4.78, 5) is 38.2. The number of carbonyl (C=O) groups excluding carboxylic acids is 3. The molecule has 0 spiro atoms. The molecule has 0 saturated carbocycles. The number of rotatable bonds is 56. The van der Waals surface area contributed by atoms with Crippen molar-refractivity contribution in [3.05, 3.63) is 0 Å². The molecule has 0 aromatic heterocycles. The molecule has 0 aromatic rings. The molecular weight excluding hydrogens is 829 g/mol. The Balaban J connectivity index is 4.27. The van der Waals surface area contributed by atoms with Gasteiger partial charge in [-0.15, -0.1) is 0 Å². The second-order valence-electron chi connectivity index (χ2n) is 21.5. The molecule has 1 atom stereocenters. The van der Waals surface area contributed by atoms with Crippen molar-refractivity contribution in [3.63, 3.8) is 0 Å². The Morgan fingerprint density at radius 3 is 0.731 bits per heavy atom. The van der Waals surface area contributed by atoms with Crippen molar-refractivity contribution in [3.8, 4) is 0 Å². The smallest absolute Gasteiger partial charge is 0.306 e. The van der Waals surface area contributed by atoms with Gasteiger partial charge in [-0.25, -0.2) is 0 Å². The summed E-state index contributed by atoms with van der Waals surface area (Å²) in [7, 11) is 0. The lowest BCUT2D eigenvalue weighted by Gasteiger charge is -2.18. The predicted molar refractivity (Wildman–Crippen MR) is 289 cm³/mol. The topological polar surface area (TPSA) is 78.9 Å². The minimum Gasteiger partial charge on any atom is -0.462 e. The molecule has 6 nitrogen and oxygen atoms in total. The first-order valence-electron chi connectivity index (χ1n) is 30.4. The van der Waals surface area contributed by atoms with Gasteiger partial charge in [-0.05, 0) is 25.2 Å². The largest absolute Gasteiger partial charge is 0.462 e. The number of hydrogen-bond acceptors (Lipinski definition) is 6. The summed E-state index contributed by atoms with van der Waals surface area (Å²) in [6.07, 6.45) is 61.0. The maximum atomic E-state index is 12.9. The average molecular weight is 948 g/mol. The van der Waals surface area contributed by atoms with Crippen LogP contribution < -0.4 is 0 Å². The molecule has 0 fully saturated rings. The van der Waals surface area contributed by atoms with E-state index in [-0.39, 0.29) is 31.1 Å². The van der Waals surface area contributed by atoms with Crippen molar-refractivity contribution < 1.29 is 28.6 Å². The van der Waals surface area contributed by atoms with Crippen molar-refractivity contribution in [2.75, 3.05) is 13.2 Å². The van der Waals surface area contributed by atoms with Crippen LogP contribution in [0.25, 0.3) is 0 Å². The van der Waals surface area contributed by atoms with Gasteiger partial charge in [0.1, 0.15) is 13.2 Å². The van der Waals surface area contributed by atoms with Crippen LogP contribution >= 0.6 is 0 Å². The van der Waals surface area contributed by atoms with Crippen LogP contribution in [0.5, 0.6) is 0 Å². The van der Waals surface area contributed by atoms with E-state index < -0.39 is 6.10 Å². The predicted octanol–water partition coefficient (Wildman–Crippen LogP) is 20.2. The fourth-order valence-corrected chi connectivity index (χ4v) is 9.46. The highest BCUT2D eigenvalue weighted by Crippen LogP contribution is 2.18. The van der Waals surface area contributed by atoms with Crippen LogP contribution in [0, 0.1) is 5.92 Å². The SMILES string of the molecule is CCCCCCCCCCCCCCCCCCCCC(=O)OC[C@H](COC(=O)CCCCCCCCCCCCC(C)C)OC(=O)CCCCCCCCCCCCCCCCCCCC. The number of carbonyl (C=O) groups is 3. The molecule has 0 aromatic carbocycles. The van der Waals surface area contributed by atoms with Crippen LogP contribution in [0.3, 0.4) is 0 Å². The van der Waals surface area contributed by atoms with E-state index in [2.05, 4.69) is 27.7 Å². The zero-order valence-electron chi connectivity index (χ0n) is 45.9. The Hall–Kier alpha value is -1.59. The third-order valence-electron chi connectivity index (χ3n) is 14.0. The van der Waals surface area contributed by atoms with E-state index >= 15 is 0 Å². The van der Waals surface area contributed by atoms with Crippen molar-refractivity contribution in [1.29, 1.82) is 0 Å². The van der Waals surface area contributed by atoms with Crippen molar-refractivity contribution in [1.82, 2.24) is 0 Å². The van der Waals surface area contributed by atoms with Gasteiger partial charge in [-0.2, -0.15) is 0 Å². The lowest BCUT2D eigenvalue weighted by atomic mass is 10.0. The molecule has 0 radical (unpaired) electrons. The second-order valence-corrected chi connectivity index (χ2v) is 21.5. The number of ether oxygens (including phenoxy) is 3. The Morgan fingerprint density at radius 2 is 0.493 bits per heavy atom. The average Bonchev–Trinajstić information content (AvgIpc) is 3.31. The van der Waals surface area contributed by atoms with E-state index in [0.717, 1.165) is 63.7 Å². The van der Waals surface area contributed by atoms with Crippen molar-refractivity contribution >= 4 is 17.9 Å². The highest BCUT2D eigenvalue weighted by Gasteiger charge is 2.19. The molecule has 398 valence electrons. The van der Waals surface area contributed by atoms with Crippen LogP contribution in [0.2, 0.25) is 0 Å². The van der Waals surface area contributed by atoms with Crippen molar-refractivity contribution in [2.24, 2.45) is 5.92 Å². The highest BCUT2D eigenvalue weighted by molar-refractivity contribution is 5.71. The van der Waals surface area contributed by atoms with Crippen LogP contribution in [0.1, 0.15) is 349 Å². The lowest BCUT2D eigenvalue weighted by molar-refractivity contribution is -0.167. The molecule has 0 aliphatic rings. The Morgan fingerprint density at radius 1 is 0.284 bits per heavy atom. The van der Waals surface area contributed by atoms with Crippen LogP contribution in [0.4, 0.5) is 0 Å². The van der Waals surface area contributed by atoms with Gasteiger partial charge in [-0.3, -0.25) is 14.4 Å². The van der Waals surface area contributed by atoms with Crippen LogP contribution in [-0.2, 0) is 28.6 Å². The molecule has 0 bridgehead atoms. The van der Waals surface area contributed by atoms with E-state index in [0.29, 0.717) is 19.3 Å². The molecule has 0 heterocycles. The minimum absolute atomic E-state index is 0.0618. The van der Waals surface area contributed by atoms with Gasteiger partial charge in [-0.1, -0.05) is 310 Å². The Labute approximate surface area is 418 Å². The second kappa shape index (κ2) is 55.3. The number of esters is 3. The summed E-state index contributed by atoms with van der Waals surface area (Å²) in [6.45, 7) is 9.06. The molecule has 0 unspecified atom stereocenters. The molecule has 0 amide bonds. The quantitative estimate of drug-likeness (QED) is 0.0343. The summed E-state index contributed by atoms with van der Waals surface area (Å²) >= 11 is 0. The molecule has 0 saturated heterocycles. The maximum Gasteiger partial charge on any atom is 0.306 e. The fourth-order valence-electron chi connectivity index (χ4n) is 9.46. The Kier molecular flexibility index (Phi) is 54.0. The molecular formula is C61H118O6. The standard InChI is InChI=1S/C61H118O6/c1-5-7-9-11-13-15-17-19-21-23-25-27-29-31-36-40-44-48-52-59(62)65-55-58(56-66-60(63)53-49-45-41-37-34-33-35-39-43-47-51-57(3)4)67-61(64)54-50-46-42-38-32-30-28-26-24-22-20-18-16-14-12-10-8-6-2/h57-58H,5-56H2,1-4H3/t58-/m1/s1. The number of hydrogen-bond donors (Lipinski definition) is 0. The van der Waals surface area contributed by atoms with Crippen LogP contribution in [0.15, 0.2) is 0 Å².